The normalized spacial score (nSPS) is 15.1. The van der Waals surface area contributed by atoms with Crippen LogP contribution in [0.25, 0.3) is 11.0 Å². The SMILES string of the molecule is O=[N+]([O-])c1ccccc1C=Nc1nc2ccccc2n1CCN1CCCC1. The Morgan fingerprint density at radius 2 is 1.81 bits per heavy atom. The lowest BCUT2D eigenvalue weighted by atomic mass is 10.2. The molecule has 1 aliphatic rings. The van der Waals surface area contributed by atoms with Crippen molar-refractivity contribution in [3.63, 3.8) is 0 Å². The first-order valence-corrected chi connectivity index (χ1v) is 9.17. The third kappa shape index (κ3) is 3.73. The van der Waals surface area contributed by atoms with E-state index in [1.165, 1.54) is 25.1 Å². The zero-order valence-electron chi connectivity index (χ0n) is 15.0. The third-order valence-corrected chi connectivity index (χ3v) is 4.93. The molecule has 1 aromatic heterocycles. The highest BCUT2D eigenvalue weighted by molar-refractivity contribution is 5.87. The standard InChI is InChI=1S/C20H21N5O2/c26-25(27)18-9-3-1-7-16(18)15-21-20-22-17-8-2-4-10-19(17)24(20)14-13-23-11-5-6-12-23/h1-4,7-10,15H,5-6,11-14H2. The lowest BCUT2D eigenvalue weighted by Crippen LogP contribution is -2.24. The number of benzene rings is 2. The predicted molar refractivity (Wildman–Crippen MR) is 106 cm³/mol. The van der Waals surface area contributed by atoms with Crippen molar-refractivity contribution >= 4 is 28.9 Å². The molecule has 2 heterocycles. The van der Waals surface area contributed by atoms with Crippen molar-refractivity contribution < 1.29 is 4.92 Å². The first kappa shape index (κ1) is 17.4. The van der Waals surface area contributed by atoms with Gasteiger partial charge in [0.25, 0.3) is 5.69 Å². The summed E-state index contributed by atoms with van der Waals surface area (Å²) >= 11 is 0. The van der Waals surface area contributed by atoms with Gasteiger partial charge in [0, 0.05) is 25.4 Å². The highest BCUT2D eigenvalue weighted by Crippen LogP contribution is 2.23. The second kappa shape index (κ2) is 7.67. The molecule has 1 fully saturated rings. The van der Waals surface area contributed by atoms with Gasteiger partial charge in [-0.15, -0.1) is 0 Å². The van der Waals surface area contributed by atoms with Gasteiger partial charge in [-0.2, -0.15) is 0 Å². The van der Waals surface area contributed by atoms with Gasteiger partial charge in [-0.25, -0.2) is 9.98 Å². The van der Waals surface area contributed by atoms with E-state index in [4.69, 9.17) is 0 Å². The molecular formula is C20H21N5O2. The number of imidazole rings is 1. The van der Waals surface area contributed by atoms with E-state index < -0.39 is 4.92 Å². The Morgan fingerprint density at radius 3 is 2.63 bits per heavy atom. The molecular weight excluding hydrogens is 342 g/mol. The summed E-state index contributed by atoms with van der Waals surface area (Å²) in [6.07, 6.45) is 4.05. The molecule has 0 N–H and O–H groups in total. The molecule has 0 radical (unpaired) electrons. The topological polar surface area (TPSA) is 76.6 Å². The molecule has 7 heteroatoms. The number of hydrogen-bond acceptors (Lipinski definition) is 5. The second-order valence-electron chi connectivity index (χ2n) is 6.68. The Bertz CT molecular complexity index is 989. The predicted octanol–water partition coefficient (Wildman–Crippen LogP) is 3.79. The summed E-state index contributed by atoms with van der Waals surface area (Å²) in [5.74, 6) is 0.577. The van der Waals surface area contributed by atoms with E-state index in [0.29, 0.717) is 11.5 Å². The van der Waals surface area contributed by atoms with Crippen molar-refractivity contribution in [2.75, 3.05) is 19.6 Å². The molecule has 3 aromatic rings. The molecule has 1 saturated heterocycles. The largest absolute Gasteiger partial charge is 0.307 e. The molecule has 0 amide bonds. The van der Waals surface area contributed by atoms with Gasteiger partial charge >= 0.3 is 0 Å². The lowest BCUT2D eigenvalue weighted by Gasteiger charge is -2.15. The van der Waals surface area contributed by atoms with Crippen LogP contribution in [0.3, 0.4) is 0 Å². The Balaban J connectivity index is 1.66. The number of hydrogen-bond donors (Lipinski definition) is 0. The maximum atomic E-state index is 11.2. The maximum absolute atomic E-state index is 11.2. The summed E-state index contributed by atoms with van der Waals surface area (Å²) in [5, 5.41) is 11.2. The Kier molecular flexibility index (Phi) is 4.93. The fourth-order valence-corrected chi connectivity index (χ4v) is 3.52. The summed E-state index contributed by atoms with van der Waals surface area (Å²) in [7, 11) is 0. The zero-order chi connectivity index (χ0) is 18.6. The van der Waals surface area contributed by atoms with Gasteiger partial charge in [-0.1, -0.05) is 24.3 Å². The van der Waals surface area contributed by atoms with E-state index in [-0.39, 0.29) is 5.69 Å². The molecule has 2 aromatic carbocycles. The number of nitro groups is 1. The number of aromatic nitrogens is 2. The van der Waals surface area contributed by atoms with E-state index in [1.807, 2.05) is 24.3 Å². The lowest BCUT2D eigenvalue weighted by molar-refractivity contribution is -0.385. The summed E-state index contributed by atoms with van der Waals surface area (Å²) in [6, 6.07) is 14.5. The Hall–Kier alpha value is -3.06. The number of para-hydroxylation sites is 3. The van der Waals surface area contributed by atoms with Crippen LogP contribution in [0.15, 0.2) is 53.5 Å². The molecule has 0 unspecified atom stereocenters. The average Bonchev–Trinajstić information content (AvgIpc) is 3.32. The van der Waals surface area contributed by atoms with Gasteiger partial charge in [0.1, 0.15) is 0 Å². The van der Waals surface area contributed by atoms with E-state index in [1.54, 1.807) is 18.2 Å². The first-order chi connectivity index (χ1) is 13.2. The van der Waals surface area contributed by atoms with Crippen LogP contribution >= 0.6 is 0 Å². The van der Waals surface area contributed by atoms with Crippen molar-refractivity contribution in [1.82, 2.24) is 14.5 Å². The quantitative estimate of drug-likeness (QED) is 0.379. The zero-order valence-corrected chi connectivity index (χ0v) is 15.0. The van der Waals surface area contributed by atoms with Crippen molar-refractivity contribution in [2.24, 2.45) is 4.99 Å². The molecule has 0 aliphatic carbocycles. The van der Waals surface area contributed by atoms with Gasteiger partial charge in [-0.05, 0) is 44.1 Å². The summed E-state index contributed by atoms with van der Waals surface area (Å²) in [6.45, 7) is 4.03. The van der Waals surface area contributed by atoms with Gasteiger partial charge in [0.15, 0.2) is 0 Å². The van der Waals surface area contributed by atoms with E-state index in [0.717, 1.165) is 37.2 Å². The van der Waals surface area contributed by atoms with Crippen LogP contribution in [0.4, 0.5) is 11.6 Å². The van der Waals surface area contributed by atoms with Crippen molar-refractivity contribution in [3.8, 4) is 0 Å². The summed E-state index contributed by atoms with van der Waals surface area (Å²) < 4.78 is 2.10. The van der Waals surface area contributed by atoms with Crippen LogP contribution in [0.1, 0.15) is 18.4 Å². The van der Waals surface area contributed by atoms with Crippen molar-refractivity contribution in [2.45, 2.75) is 19.4 Å². The number of likely N-dealkylation sites (tertiary alicyclic amines) is 1. The van der Waals surface area contributed by atoms with Crippen LogP contribution in [-0.4, -0.2) is 45.2 Å². The average molecular weight is 363 g/mol. The highest BCUT2D eigenvalue weighted by Gasteiger charge is 2.15. The fraction of sp³-hybridized carbons (Fsp3) is 0.300. The van der Waals surface area contributed by atoms with Crippen LogP contribution in [0, 0.1) is 10.1 Å². The number of fused-ring (bicyclic) bond motifs is 1. The van der Waals surface area contributed by atoms with Crippen molar-refractivity contribution in [3.05, 3.63) is 64.2 Å². The molecule has 0 atom stereocenters. The van der Waals surface area contributed by atoms with Crippen LogP contribution in [-0.2, 0) is 6.54 Å². The van der Waals surface area contributed by atoms with Gasteiger partial charge in [0.2, 0.25) is 5.95 Å². The molecule has 27 heavy (non-hydrogen) atoms. The van der Waals surface area contributed by atoms with E-state index in [9.17, 15) is 10.1 Å². The summed E-state index contributed by atoms with van der Waals surface area (Å²) in [4.78, 5) is 22.4. The number of nitrogens with zero attached hydrogens (tertiary/aromatic N) is 5. The van der Waals surface area contributed by atoms with Gasteiger partial charge < -0.3 is 9.47 Å². The molecule has 4 rings (SSSR count). The first-order valence-electron chi connectivity index (χ1n) is 9.17. The smallest absolute Gasteiger partial charge is 0.278 e. The minimum Gasteiger partial charge on any atom is -0.307 e. The van der Waals surface area contributed by atoms with Crippen molar-refractivity contribution in [1.29, 1.82) is 0 Å². The maximum Gasteiger partial charge on any atom is 0.278 e. The van der Waals surface area contributed by atoms with Gasteiger partial charge in [0.05, 0.1) is 21.5 Å². The van der Waals surface area contributed by atoms with Crippen LogP contribution < -0.4 is 0 Å². The van der Waals surface area contributed by atoms with E-state index in [2.05, 4.69) is 19.4 Å². The molecule has 0 bridgehead atoms. The molecule has 0 spiro atoms. The van der Waals surface area contributed by atoms with Gasteiger partial charge in [-0.3, -0.25) is 10.1 Å². The number of nitro benzene ring substituents is 1. The minimum absolute atomic E-state index is 0.0426. The molecule has 0 saturated carbocycles. The Labute approximate surface area is 157 Å². The number of aliphatic imine (C=N–C) groups is 1. The fourth-order valence-electron chi connectivity index (χ4n) is 3.52. The van der Waals surface area contributed by atoms with Crippen LogP contribution in [0.5, 0.6) is 0 Å². The minimum atomic E-state index is -0.391. The number of rotatable bonds is 6. The third-order valence-electron chi connectivity index (χ3n) is 4.93. The molecule has 1 aliphatic heterocycles. The van der Waals surface area contributed by atoms with E-state index >= 15 is 0 Å². The molecule has 7 nitrogen and oxygen atoms in total. The Morgan fingerprint density at radius 1 is 1.07 bits per heavy atom. The van der Waals surface area contributed by atoms with Crippen LogP contribution in [0.2, 0.25) is 0 Å². The highest BCUT2D eigenvalue weighted by atomic mass is 16.6. The summed E-state index contributed by atoms with van der Waals surface area (Å²) in [5.41, 5.74) is 2.43. The molecule has 138 valence electrons. The second-order valence-corrected chi connectivity index (χ2v) is 6.68. The monoisotopic (exact) mass is 363 g/mol.